The fraction of sp³-hybridized carbons (Fsp3) is 0. The normalized spacial score (nSPS) is 11.6. The van der Waals surface area contributed by atoms with Crippen molar-refractivity contribution in [2.45, 2.75) is 0 Å². The maximum Gasteiger partial charge on any atom is 0.200 e. The summed E-state index contributed by atoms with van der Waals surface area (Å²) in [5, 5.41) is 6.42. The molecule has 0 N–H and O–H groups in total. The van der Waals surface area contributed by atoms with Crippen LogP contribution in [-0.2, 0) is 0 Å². The monoisotopic (exact) mass is 1800 g/mol. The fourth-order valence-corrected chi connectivity index (χ4v) is 17.5. The van der Waals surface area contributed by atoms with Crippen molar-refractivity contribution < 1.29 is 87.8 Å². The van der Waals surface area contributed by atoms with Crippen molar-refractivity contribution in [2.24, 2.45) is 0 Å². The Morgan fingerprint density at radius 2 is 0.376 bits per heavy atom. The Morgan fingerprint density at radius 3 is 0.692 bits per heavy atom. The zero-order chi connectivity index (χ0) is 92.4. The molecule has 0 spiro atoms. The van der Waals surface area contributed by atoms with Crippen LogP contribution in [0.15, 0.2) is 334 Å². The number of fused-ring (bicyclic) bond motifs is 9. The molecule has 133 heavy (non-hydrogen) atoms. The molecular formula is C108H55F20N5. The highest BCUT2D eigenvalue weighted by Gasteiger charge is 2.33. The van der Waals surface area contributed by atoms with Crippen LogP contribution in [0.1, 0.15) is 0 Å². The summed E-state index contributed by atoms with van der Waals surface area (Å²) < 4.78 is 294. The first-order chi connectivity index (χ1) is 64.3. The molecule has 21 aromatic rings. The zero-order valence-corrected chi connectivity index (χ0v) is 68.0. The minimum atomic E-state index is -2.30. The summed E-state index contributed by atoms with van der Waals surface area (Å²) in [6, 6.07) is 97.9. The average Bonchev–Trinajstić information content (AvgIpc) is 1.58. The van der Waals surface area contributed by atoms with Gasteiger partial charge in [-0.1, -0.05) is 188 Å². The highest BCUT2D eigenvalue weighted by Crippen LogP contribution is 2.47. The minimum Gasteiger partial charge on any atom is -0.311 e. The number of anilines is 6. The maximum atomic E-state index is 14.9. The highest BCUT2D eigenvalue weighted by atomic mass is 19.2. The van der Waals surface area contributed by atoms with Crippen molar-refractivity contribution in [2.75, 3.05) is 9.80 Å². The molecule has 0 aliphatic heterocycles. The third-order valence-corrected chi connectivity index (χ3v) is 23.7. The molecule has 0 fully saturated rings. The minimum absolute atomic E-state index is 0.293. The van der Waals surface area contributed by atoms with Gasteiger partial charge in [-0.25, -0.2) is 87.8 Å². The van der Waals surface area contributed by atoms with Crippen molar-refractivity contribution in [1.29, 1.82) is 0 Å². The molecule has 0 saturated carbocycles. The number of benzene rings is 18. The topological polar surface area (TPSA) is 21.3 Å². The lowest BCUT2D eigenvalue weighted by molar-refractivity contribution is 0.381. The van der Waals surface area contributed by atoms with E-state index in [2.05, 4.69) is 92.6 Å². The first-order valence-corrected chi connectivity index (χ1v) is 40.8. The van der Waals surface area contributed by atoms with Crippen LogP contribution >= 0.6 is 0 Å². The Hall–Kier alpha value is -16.4. The zero-order valence-electron chi connectivity index (χ0n) is 68.0. The van der Waals surface area contributed by atoms with E-state index in [1.54, 1.807) is 34.1 Å². The standard InChI is InChI=1S/C60H31F10N3.C48H24F10N2/c61-51-49(52(62)56(66)59(69)55(51)65)33-15-22-37(23-16-33)71(38-24-17-34(18-25-38)50-53(63)57(67)60(70)58(68)54(50)64)36-20-13-32(14-21-36)35-19-30-48-44(31-35)43-9-3-6-12-47(43)73(48)40-28-26-39(27-29-40)72-45-10-4-1-7-41(45)42-8-2-5-11-46(42)72;49-38-36(39(50)43(54)46(57)42(38)53)26-15-21-30(22-16-26)59(31-23-17-27(18-24-31)37-40(51)44(55)47(58)45(56)41(37)52)29-19-13-25(14-20-29)32-10-6-11-34-33-9-4-5-12-35(33)60(48(32)34)28-7-2-1-3-8-28/h1-31H;1-24H. The van der Waals surface area contributed by atoms with Gasteiger partial charge in [0.05, 0.1) is 55.4 Å². The van der Waals surface area contributed by atoms with Crippen molar-refractivity contribution in [3.63, 3.8) is 0 Å². The molecule has 0 amide bonds. The molecule has 25 heteroatoms. The van der Waals surface area contributed by atoms with E-state index in [-0.39, 0.29) is 22.3 Å². The van der Waals surface area contributed by atoms with Gasteiger partial charge in [0, 0.05) is 89.1 Å². The second-order valence-corrected chi connectivity index (χ2v) is 31.1. The van der Waals surface area contributed by atoms with E-state index in [0.29, 0.717) is 34.1 Å². The van der Waals surface area contributed by atoms with Crippen LogP contribution in [0.4, 0.5) is 122 Å². The van der Waals surface area contributed by atoms with E-state index in [1.165, 1.54) is 59.3 Å². The van der Waals surface area contributed by atoms with E-state index >= 15 is 0 Å². The lowest BCUT2D eigenvalue weighted by Crippen LogP contribution is -2.10. The van der Waals surface area contributed by atoms with E-state index in [4.69, 9.17) is 0 Å². The predicted octanol–water partition coefficient (Wildman–Crippen LogP) is 32.4. The number of hydrogen-bond donors (Lipinski definition) is 0. The van der Waals surface area contributed by atoms with Gasteiger partial charge in [0.2, 0.25) is 23.3 Å². The smallest absolute Gasteiger partial charge is 0.200 e. The molecule has 5 nitrogen and oxygen atoms in total. The Morgan fingerprint density at radius 1 is 0.150 bits per heavy atom. The first-order valence-electron chi connectivity index (χ1n) is 40.8. The van der Waals surface area contributed by atoms with Crippen molar-refractivity contribution >= 4 is 99.5 Å². The number of halogens is 20. The van der Waals surface area contributed by atoms with Gasteiger partial charge < -0.3 is 23.5 Å². The Labute approximate surface area is 740 Å². The van der Waals surface area contributed by atoms with Gasteiger partial charge in [-0.3, -0.25) is 0 Å². The molecule has 0 aliphatic rings. The van der Waals surface area contributed by atoms with Gasteiger partial charge in [-0.05, 0) is 185 Å². The summed E-state index contributed by atoms with van der Waals surface area (Å²) in [4.78, 5) is 3.22. The number of para-hydroxylation sites is 6. The fourth-order valence-electron chi connectivity index (χ4n) is 17.5. The van der Waals surface area contributed by atoms with Crippen LogP contribution in [0.25, 0.3) is 149 Å². The third kappa shape index (κ3) is 14.1. The van der Waals surface area contributed by atoms with Gasteiger partial charge in [0.15, 0.2) is 93.1 Å². The van der Waals surface area contributed by atoms with E-state index < -0.39 is 139 Å². The molecule has 652 valence electrons. The number of nitrogens with zero attached hydrogens (tertiary/aromatic N) is 5. The summed E-state index contributed by atoms with van der Waals surface area (Å²) in [6.45, 7) is 0. The van der Waals surface area contributed by atoms with Crippen LogP contribution in [0.3, 0.4) is 0 Å². The van der Waals surface area contributed by atoms with E-state index in [1.807, 2.05) is 133 Å². The van der Waals surface area contributed by atoms with Crippen LogP contribution < -0.4 is 9.80 Å². The molecule has 0 atom stereocenters. The molecular weight excluding hydrogens is 1750 g/mol. The molecule has 21 rings (SSSR count). The van der Waals surface area contributed by atoms with Crippen LogP contribution in [0, 0.1) is 116 Å². The lowest BCUT2D eigenvalue weighted by atomic mass is 10.00. The summed E-state index contributed by atoms with van der Waals surface area (Å²) in [7, 11) is 0. The molecule has 3 heterocycles. The first kappa shape index (κ1) is 84.7. The molecule has 0 saturated heterocycles. The second-order valence-electron chi connectivity index (χ2n) is 31.1. The van der Waals surface area contributed by atoms with Gasteiger partial charge in [-0.2, -0.15) is 0 Å². The molecule has 0 bridgehead atoms. The maximum absolute atomic E-state index is 14.9. The highest BCUT2D eigenvalue weighted by molar-refractivity contribution is 6.15. The number of hydrogen-bond acceptors (Lipinski definition) is 2. The molecule has 0 unspecified atom stereocenters. The number of rotatable bonds is 15. The summed E-state index contributed by atoms with van der Waals surface area (Å²) >= 11 is 0. The predicted molar refractivity (Wildman–Crippen MR) is 477 cm³/mol. The molecule has 18 aromatic carbocycles. The Bertz CT molecular complexity index is 7880. The number of aromatic nitrogens is 3. The second kappa shape index (κ2) is 33.6. The average molecular weight is 1800 g/mol. The van der Waals surface area contributed by atoms with Crippen molar-refractivity contribution in [3.05, 3.63) is 450 Å². The SMILES string of the molecule is Fc1c(F)c(F)c(-c2ccc(N(c3ccc(-c4c(F)c(F)c(F)c(F)c4F)cc3)c3ccc(-c4cccc5c6ccccc6n(-c6ccccc6)c45)cc3)cc2)c(F)c1F.Fc1c(F)c(F)c(-c2ccc(N(c3ccc(-c4ccc5c(c4)c4ccccc4n5-c4ccc(-n5c6ccccc6c6ccccc65)cc4)cc3)c3ccc(-c4c(F)c(F)c(F)c(F)c4F)cc3)cc2)c(F)c1F. The largest absolute Gasteiger partial charge is 0.311 e. The summed E-state index contributed by atoms with van der Waals surface area (Å²) in [5.41, 5.74) is 8.71. The van der Waals surface area contributed by atoms with E-state index in [0.717, 1.165) is 142 Å². The van der Waals surface area contributed by atoms with E-state index in [9.17, 15) is 87.8 Å². The third-order valence-electron chi connectivity index (χ3n) is 23.7. The molecule has 3 aromatic heterocycles. The van der Waals surface area contributed by atoms with Crippen LogP contribution in [0.2, 0.25) is 0 Å². The van der Waals surface area contributed by atoms with Crippen molar-refractivity contribution in [1.82, 2.24) is 13.7 Å². The van der Waals surface area contributed by atoms with Crippen molar-refractivity contribution in [3.8, 4) is 83.8 Å². The Kier molecular flexibility index (Phi) is 21.4. The quantitative estimate of drug-likeness (QED) is 0.0579. The van der Waals surface area contributed by atoms with Gasteiger partial charge in [0.1, 0.15) is 0 Å². The summed E-state index contributed by atoms with van der Waals surface area (Å²) in [5.74, 6) is -42.2. The van der Waals surface area contributed by atoms with Gasteiger partial charge in [0.25, 0.3) is 0 Å². The Balaban J connectivity index is 0.000000169. The molecule has 0 radical (unpaired) electrons. The van der Waals surface area contributed by atoms with Crippen LogP contribution in [-0.4, -0.2) is 13.7 Å². The van der Waals surface area contributed by atoms with Gasteiger partial charge >= 0.3 is 0 Å². The lowest BCUT2D eigenvalue weighted by Gasteiger charge is -2.26. The summed E-state index contributed by atoms with van der Waals surface area (Å²) in [6.07, 6.45) is 0. The molecule has 0 aliphatic carbocycles. The van der Waals surface area contributed by atoms with Gasteiger partial charge in [-0.15, -0.1) is 0 Å². The van der Waals surface area contributed by atoms with Crippen LogP contribution in [0.5, 0.6) is 0 Å².